The molecule has 0 aliphatic rings. The van der Waals surface area contributed by atoms with Gasteiger partial charge in [0.1, 0.15) is 11.6 Å². The summed E-state index contributed by atoms with van der Waals surface area (Å²) in [6.07, 6.45) is 3.17. The third-order valence-electron chi connectivity index (χ3n) is 4.32. The van der Waals surface area contributed by atoms with E-state index in [0.717, 1.165) is 22.4 Å². The molecule has 1 atom stereocenters. The van der Waals surface area contributed by atoms with Crippen molar-refractivity contribution in [3.63, 3.8) is 0 Å². The minimum Gasteiger partial charge on any atom is -0.345 e. The van der Waals surface area contributed by atoms with Crippen LogP contribution in [0.15, 0.2) is 66.4 Å². The van der Waals surface area contributed by atoms with E-state index in [1.165, 1.54) is 0 Å². The van der Waals surface area contributed by atoms with Gasteiger partial charge in [-0.15, -0.1) is 0 Å². The van der Waals surface area contributed by atoms with Gasteiger partial charge >= 0.3 is 0 Å². The molecule has 0 aliphatic heterocycles. The van der Waals surface area contributed by atoms with Crippen molar-refractivity contribution in [3.05, 3.63) is 83.1 Å². The summed E-state index contributed by atoms with van der Waals surface area (Å²) >= 11 is 0. The number of benzene rings is 2. The zero-order valence-corrected chi connectivity index (χ0v) is 15.2. The maximum absolute atomic E-state index is 12.5. The molecule has 3 aromatic rings. The Labute approximate surface area is 158 Å². The van der Waals surface area contributed by atoms with Gasteiger partial charge in [-0.3, -0.25) is 9.89 Å². The predicted molar refractivity (Wildman–Crippen MR) is 105 cm³/mol. The molecule has 2 aromatic carbocycles. The summed E-state index contributed by atoms with van der Waals surface area (Å²) in [7, 11) is 0. The molecule has 1 aromatic heterocycles. The standard InChI is InChI=1S/C22H20N4O/c1-15-8-10-18(11-9-15)21-20(14-24-26-21)12-19(13-23)22(27)25-16(2)17-6-4-3-5-7-17/h3-12,14,16H,1-2H3,(H,24,26)(H,25,27)/b19-12-/t16-/m0/s1. The zero-order valence-electron chi connectivity index (χ0n) is 15.2. The molecular formula is C22H20N4O. The monoisotopic (exact) mass is 356 g/mol. The second-order valence-electron chi connectivity index (χ2n) is 6.34. The molecule has 0 fully saturated rings. The van der Waals surface area contributed by atoms with E-state index in [9.17, 15) is 10.1 Å². The third-order valence-corrected chi connectivity index (χ3v) is 4.32. The maximum Gasteiger partial charge on any atom is 0.262 e. The summed E-state index contributed by atoms with van der Waals surface area (Å²) < 4.78 is 0. The van der Waals surface area contributed by atoms with E-state index >= 15 is 0 Å². The van der Waals surface area contributed by atoms with Crippen molar-refractivity contribution >= 4 is 12.0 Å². The highest BCUT2D eigenvalue weighted by molar-refractivity contribution is 6.02. The van der Waals surface area contributed by atoms with Crippen LogP contribution in [0.4, 0.5) is 0 Å². The highest BCUT2D eigenvalue weighted by Crippen LogP contribution is 2.23. The van der Waals surface area contributed by atoms with Crippen LogP contribution in [0.25, 0.3) is 17.3 Å². The number of carbonyl (C=O) groups excluding carboxylic acids is 1. The van der Waals surface area contributed by atoms with Crippen molar-refractivity contribution in [1.82, 2.24) is 15.5 Å². The summed E-state index contributed by atoms with van der Waals surface area (Å²) in [5.41, 5.74) is 4.57. The molecule has 1 heterocycles. The van der Waals surface area contributed by atoms with E-state index in [0.29, 0.717) is 5.56 Å². The smallest absolute Gasteiger partial charge is 0.262 e. The fraction of sp³-hybridized carbons (Fsp3) is 0.136. The van der Waals surface area contributed by atoms with Crippen molar-refractivity contribution in [2.75, 3.05) is 0 Å². The van der Waals surface area contributed by atoms with Crippen LogP contribution in [-0.4, -0.2) is 16.1 Å². The minimum absolute atomic E-state index is 0.0348. The first kappa shape index (κ1) is 18.2. The number of aromatic nitrogens is 2. The van der Waals surface area contributed by atoms with Gasteiger partial charge in [0.05, 0.1) is 17.9 Å². The lowest BCUT2D eigenvalue weighted by atomic mass is 10.0. The van der Waals surface area contributed by atoms with Crippen LogP contribution in [-0.2, 0) is 4.79 Å². The number of H-pyrrole nitrogens is 1. The molecule has 5 heteroatoms. The van der Waals surface area contributed by atoms with Crippen molar-refractivity contribution < 1.29 is 4.79 Å². The van der Waals surface area contributed by atoms with Gasteiger partial charge in [0.25, 0.3) is 5.91 Å². The number of amides is 1. The highest BCUT2D eigenvalue weighted by Gasteiger charge is 2.15. The molecule has 1 amide bonds. The fourth-order valence-electron chi connectivity index (χ4n) is 2.76. The van der Waals surface area contributed by atoms with Gasteiger partial charge in [0, 0.05) is 11.1 Å². The Balaban J connectivity index is 1.83. The summed E-state index contributed by atoms with van der Waals surface area (Å²) in [6.45, 7) is 3.90. The quantitative estimate of drug-likeness (QED) is 0.532. The molecule has 2 N–H and O–H groups in total. The lowest BCUT2D eigenvalue weighted by Gasteiger charge is -2.13. The van der Waals surface area contributed by atoms with E-state index in [4.69, 9.17) is 0 Å². The Hall–Kier alpha value is -3.65. The van der Waals surface area contributed by atoms with Gasteiger partial charge in [-0.25, -0.2) is 0 Å². The van der Waals surface area contributed by atoms with Crippen LogP contribution in [0.1, 0.15) is 29.7 Å². The second kappa shape index (κ2) is 8.15. The molecule has 0 unspecified atom stereocenters. The molecule has 5 nitrogen and oxygen atoms in total. The third kappa shape index (κ3) is 4.31. The number of carbonyl (C=O) groups is 1. The molecular weight excluding hydrogens is 336 g/mol. The number of hydrogen-bond acceptors (Lipinski definition) is 3. The Morgan fingerprint density at radius 2 is 1.89 bits per heavy atom. The number of nitrogens with one attached hydrogen (secondary N) is 2. The van der Waals surface area contributed by atoms with Crippen molar-refractivity contribution in [3.8, 4) is 17.3 Å². The average Bonchev–Trinajstić information content (AvgIpc) is 3.15. The number of hydrogen-bond donors (Lipinski definition) is 2. The van der Waals surface area contributed by atoms with E-state index in [1.807, 2.05) is 74.5 Å². The largest absolute Gasteiger partial charge is 0.345 e. The van der Waals surface area contributed by atoms with Crippen LogP contribution in [0.5, 0.6) is 0 Å². The Bertz CT molecular complexity index is 995. The molecule has 3 rings (SSSR count). The Morgan fingerprint density at radius 3 is 2.56 bits per heavy atom. The summed E-state index contributed by atoms with van der Waals surface area (Å²) in [4.78, 5) is 12.5. The fourth-order valence-corrected chi connectivity index (χ4v) is 2.76. The number of aromatic amines is 1. The predicted octanol–water partition coefficient (Wildman–Crippen LogP) is 4.17. The highest BCUT2D eigenvalue weighted by atomic mass is 16.1. The van der Waals surface area contributed by atoms with Gasteiger partial charge in [0.2, 0.25) is 0 Å². The molecule has 0 radical (unpaired) electrons. The lowest BCUT2D eigenvalue weighted by Crippen LogP contribution is -2.27. The maximum atomic E-state index is 12.5. The van der Waals surface area contributed by atoms with Crippen LogP contribution in [0.3, 0.4) is 0 Å². The van der Waals surface area contributed by atoms with E-state index in [1.54, 1.807) is 12.3 Å². The van der Waals surface area contributed by atoms with Crippen LogP contribution >= 0.6 is 0 Å². The van der Waals surface area contributed by atoms with Gasteiger partial charge in [-0.05, 0) is 25.5 Å². The van der Waals surface area contributed by atoms with Crippen molar-refractivity contribution in [2.24, 2.45) is 0 Å². The summed E-state index contributed by atoms with van der Waals surface area (Å²) in [5.74, 6) is -0.412. The number of aryl methyl sites for hydroxylation is 1. The first-order valence-corrected chi connectivity index (χ1v) is 8.66. The molecule has 0 saturated carbocycles. The zero-order chi connectivity index (χ0) is 19.2. The van der Waals surface area contributed by atoms with Crippen molar-refractivity contribution in [1.29, 1.82) is 5.26 Å². The number of rotatable bonds is 5. The SMILES string of the molecule is Cc1ccc(-c2[nH]ncc2/C=C(/C#N)C(=O)N[C@@H](C)c2ccccc2)cc1. The molecule has 0 aliphatic carbocycles. The molecule has 0 bridgehead atoms. The number of nitriles is 1. The van der Waals surface area contributed by atoms with Gasteiger partial charge in [0.15, 0.2) is 0 Å². The van der Waals surface area contributed by atoms with Crippen LogP contribution < -0.4 is 5.32 Å². The Kier molecular flexibility index (Phi) is 5.48. The van der Waals surface area contributed by atoms with E-state index < -0.39 is 5.91 Å². The van der Waals surface area contributed by atoms with E-state index in [-0.39, 0.29) is 11.6 Å². The molecule has 27 heavy (non-hydrogen) atoms. The van der Waals surface area contributed by atoms with Crippen molar-refractivity contribution in [2.45, 2.75) is 19.9 Å². The summed E-state index contributed by atoms with van der Waals surface area (Å²) in [5, 5.41) is 19.3. The first-order chi connectivity index (χ1) is 13.1. The van der Waals surface area contributed by atoms with Gasteiger partial charge in [-0.1, -0.05) is 60.2 Å². The second-order valence-corrected chi connectivity index (χ2v) is 6.34. The summed E-state index contributed by atoms with van der Waals surface area (Å²) in [6, 6.07) is 19.4. The van der Waals surface area contributed by atoms with Gasteiger partial charge in [-0.2, -0.15) is 10.4 Å². The van der Waals surface area contributed by atoms with E-state index in [2.05, 4.69) is 15.5 Å². The Morgan fingerprint density at radius 1 is 1.19 bits per heavy atom. The van der Waals surface area contributed by atoms with Crippen LogP contribution in [0.2, 0.25) is 0 Å². The minimum atomic E-state index is -0.412. The van der Waals surface area contributed by atoms with Crippen LogP contribution in [0, 0.1) is 18.3 Å². The first-order valence-electron chi connectivity index (χ1n) is 8.66. The molecule has 0 saturated heterocycles. The normalized spacial score (nSPS) is 12.3. The molecule has 134 valence electrons. The molecule has 0 spiro atoms. The lowest BCUT2D eigenvalue weighted by molar-refractivity contribution is -0.117. The number of nitrogens with zero attached hydrogens (tertiary/aromatic N) is 2. The average molecular weight is 356 g/mol. The topological polar surface area (TPSA) is 81.6 Å². The van der Waals surface area contributed by atoms with Gasteiger partial charge < -0.3 is 5.32 Å².